The fraction of sp³-hybridized carbons (Fsp3) is 0.409. The van der Waals surface area contributed by atoms with E-state index < -0.39 is 0 Å². The summed E-state index contributed by atoms with van der Waals surface area (Å²) in [4.78, 5) is 10.6. The Kier molecular flexibility index (Phi) is 4.79. The van der Waals surface area contributed by atoms with Crippen molar-refractivity contribution in [3.05, 3.63) is 42.5 Å². The molecule has 142 valence electrons. The SMILES string of the molecule is CC(C)(C)COc1ccc(-c2nc3ccc(N4CCOCC4)cc3[nH]2)cc1. The van der Waals surface area contributed by atoms with Crippen molar-refractivity contribution in [3.8, 4) is 17.1 Å². The van der Waals surface area contributed by atoms with Gasteiger partial charge >= 0.3 is 0 Å². The Hall–Kier alpha value is -2.53. The molecule has 0 radical (unpaired) electrons. The smallest absolute Gasteiger partial charge is 0.138 e. The Morgan fingerprint density at radius 2 is 1.81 bits per heavy atom. The molecule has 2 aromatic carbocycles. The minimum Gasteiger partial charge on any atom is -0.493 e. The first-order chi connectivity index (χ1) is 13.0. The van der Waals surface area contributed by atoms with Crippen LogP contribution in [0.5, 0.6) is 5.75 Å². The average molecular weight is 365 g/mol. The zero-order valence-corrected chi connectivity index (χ0v) is 16.3. The van der Waals surface area contributed by atoms with Gasteiger partial charge in [0.15, 0.2) is 0 Å². The van der Waals surface area contributed by atoms with Crippen LogP contribution in [-0.2, 0) is 4.74 Å². The first kappa shape index (κ1) is 17.9. The van der Waals surface area contributed by atoms with Crippen molar-refractivity contribution in [2.75, 3.05) is 37.8 Å². The number of hydrogen-bond donors (Lipinski definition) is 1. The van der Waals surface area contributed by atoms with Crippen LogP contribution in [0.25, 0.3) is 22.4 Å². The molecule has 0 unspecified atom stereocenters. The van der Waals surface area contributed by atoms with Crippen molar-refractivity contribution in [2.24, 2.45) is 5.41 Å². The lowest BCUT2D eigenvalue weighted by molar-refractivity contribution is 0.122. The highest BCUT2D eigenvalue weighted by molar-refractivity contribution is 5.83. The minimum absolute atomic E-state index is 0.148. The predicted octanol–water partition coefficient (Wildman–Crippen LogP) is 4.49. The third kappa shape index (κ3) is 4.25. The number of aromatic nitrogens is 2. The van der Waals surface area contributed by atoms with Crippen LogP contribution in [0, 0.1) is 5.41 Å². The van der Waals surface area contributed by atoms with E-state index in [9.17, 15) is 0 Å². The van der Waals surface area contributed by atoms with E-state index in [0.717, 1.165) is 54.5 Å². The van der Waals surface area contributed by atoms with Crippen LogP contribution in [0.2, 0.25) is 0 Å². The Morgan fingerprint density at radius 1 is 1.07 bits per heavy atom. The van der Waals surface area contributed by atoms with Gasteiger partial charge in [0.1, 0.15) is 11.6 Å². The molecule has 3 aromatic rings. The summed E-state index contributed by atoms with van der Waals surface area (Å²) in [7, 11) is 0. The lowest BCUT2D eigenvalue weighted by atomic mass is 9.99. The second-order valence-corrected chi connectivity index (χ2v) is 8.26. The molecule has 0 atom stereocenters. The quantitative estimate of drug-likeness (QED) is 0.740. The van der Waals surface area contributed by atoms with Crippen LogP contribution < -0.4 is 9.64 Å². The van der Waals surface area contributed by atoms with E-state index in [4.69, 9.17) is 14.5 Å². The number of aromatic amines is 1. The average Bonchev–Trinajstić information content (AvgIpc) is 3.10. The number of morpholine rings is 1. The van der Waals surface area contributed by atoms with Crippen molar-refractivity contribution in [1.29, 1.82) is 0 Å². The van der Waals surface area contributed by atoms with Crippen molar-refractivity contribution in [3.63, 3.8) is 0 Å². The number of nitrogens with one attached hydrogen (secondary N) is 1. The second-order valence-electron chi connectivity index (χ2n) is 8.26. The van der Waals surface area contributed by atoms with E-state index in [-0.39, 0.29) is 5.41 Å². The fourth-order valence-corrected chi connectivity index (χ4v) is 3.16. The Labute approximate surface area is 160 Å². The highest BCUT2D eigenvalue weighted by atomic mass is 16.5. The molecule has 2 heterocycles. The molecule has 1 saturated heterocycles. The van der Waals surface area contributed by atoms with E-state index >= 15 is 0 Å². The summed E-state index contributed by atoms with van der Waals surface area (Å²) >= 11 is 0. The first-order valence-corrected chi connectivity index (χ1v) is 9.54. The maximum absolute atomic E-state index is 5.86. The molecule has 1 aromatic heterocycles. The number of rotatable bonds is 4. The fourth-order valence-electron chi connectivity index (χ4n) is 3.16. The van der Waals surface area contributed by atoms with Crippen LogP contribution in [0.1, 0.15) is 20.8 Å². The Morgan fingerprint density at radius 3 is 2.52 bits per heavy atom. The molecule has 0 aliphatic carbocycles. The third-order valence-electron chi connectivity index (χ3n) is 4.64. The van der Waals surface area contributed by atoms with Gasteiger partial charge in [0.2, 0.25) is 0 Å². The topological polar surface area (TPSA) is 50.4 Å². The summed E-state index contributed by atoms with van der Waals surface area (Å²) in [5.74, 6) is 1.77. The molecule has 0 spiro atoms. The van der Waals surface area contributed by atoms with Gasteiger partial charge in [-0.05, 0) is 47.9 Å². The van der Waals surface area contributed by atoms with Crippen molar-refractivity contribution in [2.45, 2.75) is 20.8 Å². The minimum atomic E-state index is 0.148. The summed E-state index contributed by atoms with van der Waals surface area (Å²) in [6.45, 7) is 10.6. The predicted molar refractivity (Wildman–Crippen MR) is 110 cm³/mol. The summed E-state index contributed by atoms with van der Waals surface area (Å²) in [6.07, 6.45) is 0. The first-order valence-electron chi connectivity index (χ1n) is 9.54. The van der Waals surface area contributed by atoms with Crippen molar-refractivity contribution < 1.29 is 9.47 Å². The zero-order chi connectivity index (χ0) is 18.9. The van der Waals surface area contributed by atoms with Crippen LogP contribution in [0.3, 0.4) is 0 Å². The van der Waals surface area contributed by atoms with E-state index in [2.05, 4.69) is 61.0 Å². The van der Waals surface area contributed by atoms with Crippen molar-refractivity contribution >= 4 is 16.7 Å². The lowest BCUT2D eigenvalue weighted by Crippen LogP contribution is -2.36. The van der Waals surface area contributed by atoms with Gasteiger partial charge in [-0.1, -0.05) is 20.8 Å². The number of hydrogen-bond acceptors (Lipinski definition) is 4. The van der Waals surface area contributed by atoms with Gasteiger partial charge in [-0.2, -0.15) is 0 Å². The maximum Gasteiger partial charge on any atom is 0.138 e. The van der Waals surface area contributed by atoms with Gasteiger partial charge in [-0.25, -0.2) is 4.98 Å². The maximum atomic E-state index is 5.86. The highest BCUT2D eigenvalue weighted by Gasteiger charge is 2.14. The normalized spacial score (nSPS) is 15.3. The largest absolute Gasteiger partial charge is 0.493 e. The molecule has 0 amide bonds. The van der Waals surface area contributed by atoms with Gasteiger partial charge in [-0.3, -0.25) is 0 Å². The summed E-state index contributed by atoms with van der Waals surface area (Å²) < 4.78 is 11.3. The second kappa shape index (κ2) is 7.24. The van der Waals surface area contributed by atoms with Gasteiger partial charge in [0.25, 0.3) is 0 Å². The molecule has 1 fully saturated rings. The number of anilines is 1. The molecule has 5 nitrogen and oxygen atoms in total. The zero-order valence-electron chi connectivity index (χ0n) is 16.3. The monoisotopic (exact) mass is 365 g/mol. The van der Waals surface area contributed by atoms with Gasteiger partial charge < -0.3 is 19.4 Å². The number of benzene rings is 2. The molecular weight excluding hydrogens is 338 g/mol. The molecule has 27 heavy (non-hydrogen) atoms. The summed E-state index contributed by atoms with van der Waals surface area (Å²) in [5, 5.41) is 0. The number of H-pyrrole nitrogens is 1. The van der Waals surface area contributed by atoms with E-state index in [1.165, 1.54) is 5.69 Å². The molecule has 0 saturated carbocycles. The summed E-state index contributed by atoms with van der Waals surface area (Å²) in [5.41, 5.74) is 4.46. The number of nitrogens with zero attached hydrogens (tertiary/aromatic N) is 2. The van der Waals surface area contributed by atoms with Crippen LogP contribution in [0.4, 0.5) is 5.69 Å². The van der Waals surface area contributed by atoms with Gasteiger partial charge in [0.05, 0.1) is 30.9 Å². The standard InChI is InChI=1S/C22H27N3O2/c1-22(2,3)15-27-18-7-4-16(5-8-18)21-23-19-9-6-17(14-20(19)24-21)25-10-12-26-13-11-25/h4-9,14H,10-13,15H2,1-3H3,(H,23,24). The highest BCUT2D eigenvalue weighted by Crippen LogP contribution is 2.26. The van der Waals surface area contributed by atoms with Crippen molar-refractivity contribution in [1.82, 2.24) is 9.97 Å². The number of imidazole rings is 1. The Balaban J connectivity index is 1.53. The molecule has 5 heteroatoms. The van der Waals surface area contributed by atoms with Crippen LogP contribution in [0.15, 0.2) is 42.5 Å². The molecular formula is C22H27N3O2. The van der Waals surface area contributed by atoms with Gasteiger partial charge in [-0.15, -0.1) is 0 Å². The number of fused-ring (bicyclic) bond motifs is 1. The van der Waals surface area contributed by atoms with Crippen LogP contribution in [-0.4, -0.2) is 42.9 Å². The lowest BCUT2D eigenvalue weighted by Gasteiger charge is -2.28. The number of ether oxygens (including phenoxy) is 2. The third-order valence-corrected chi connectivity index (χ3v) is 4.64. The van der Waals surface area contributed by atoms with E-state index in [1.807, 2.05) is 12.1 Å². The molecule has 1 aliphatic rings. The molecule has 1 aliphatic heterocycles. The van der Waals surface area contributed by atoms with E-state index in [1.54, 1.807) is 0 Å². The molecule has 4 rings (SSSR count). The van der Waals surface area contributed by atoms with Gasteiger partial charge in [0, 0.05) is 24.3 Å². The molecule has 1 N–H and O–H groups in total. The summed E-state index contributed by atoms with van der Waals surface area (Å²) in [6, 6.07) is 14.5. The molecule has 0 bridgehead atoms. The van der Waals surface area contributed by atoms with Crippen LogP contribution >= 0.6 is 0 Å². The Bertz CT molecular complexity index is 903. The van der Waals surface area contributed by atoms with E-state index in [0.29, 0.717) is 6.61 Å².